The molecule has 1 aromatic carbocycles. The Balaban J connectivity index is 2.41. The topological polar surface area (TPSA) is 29.1 Å². The summed E-state index contributed by atoms with van der Waals surface area (Å²) < 4.78 is 0. The van der Waals surface area contributed by atoms with Crippen molar-refractivity contribution in [3.05, 3.63) is 29.2 Å². The highest BCUT2D eigenvalue weighted by Crippen LogP contribution is 2.35. The van der Waals surface area contributed by atoms with Gasteiger partial charge < -0.3 is 5.32 Å². The van der Waals surface area contributed by atoms with Gasteiger partial charge in [-0.3, -0.25) is 0 Å². The predicted octanol–water partition coefficient (Wildman–Crippen LogP) is 1.92. The molecule has 0 saturated heterocycles. The number of thioether (sulfide) groups is 1. The van der Waals surface area contributed by atoms with Gasteiger partial charge in [-0.1, -0.05) is 23.9 Å². The third-order valence-electron chi connectivity index (χ3n) is 1.67. The number of fused-ring (bicyclic) bond motifs is 1. The van der Waals surface area contributed by atoms with E-state index in [1.165, 1.54) is 11.8 Å². The molecule has 0 atom stereocenters. The SMILES string of the molecule is O=C=C1CNc2ccccc2S1. The summed E-state index contributed by atoms with van der Waals surface area (Å²) in [6, 6.07) is 7.93. The molecule has 1 N–H and O–H groups in total. The lowest BCUT2D eigenvalue weighted by Gasteiger charge is -2.16. The van der Waals surface area contributed by atoms with Crippen LogP contribution in [0.5, 0.6) is 0 Å². The van der Waals surface area contributed by atoms with Gasteiger partial charge in [0.2, 0.25) is 0 Å². The Morgan fingerprint density at radius 3 is 3.08 bits per heavy atom. The summed E-state index contributed by atoms with van der Waals surface area (Å²) >= 11 is 1.49. The van der Waals surface area contributed by atoms with Gasteiger partial charge in [0, 0.05) is 10.6 Å². The van der Waals surface area contributed by atoms with Gasteiger partial charge >= 0.3 is 0 Å². The summed E-state index contributed by atoms with van der Waals surface area (Å²) in [7, 11) is 0. The molecule has 0 bridgehead atoms. The first-order valence-corrected chi connectivity index (χ1v) is 4.46. The second-order valence-corrected chi connectivity index (χ2v) is 3.61. The van der Waals surface area contributed by atoms with E-state index in [0.717, 1.165) is 10.6 Å². The second-order valence-electron chi connectivity index (χ2n) is 2.48. The molecule has 0 aliphatic carbocycles. The van der Waals surface area contributed by atoms with Crippen LogP contribution in [0, 0.1) is 0 Å². The standard InChI is InChI=1S/C9H7NOS/c11-6-7-5-10-8-3-1-2-4-9(8)12-7/h1-4,10H,5H2. The maximum Gasteiger partial charge on any atom is 0.137 e. The van der Waals surface area contributed by atoms with E-state index in [1.807, 2.05) is 30.2 Å². The van der Waals surface area contributed by atoms with E-state index in [9.17, 15) is 4.79 Å². The van der Waals surface area contributed by atoms with Gasteiger partial charge in [0.15, 0.2) is 0 Å². The Morgan fingerprint density at radius 2 is 2.25 bits per heavy atom. The molecule has 0 spiro atoms. The molecule has 0 radical (unpaired) electrons. The first kappa shape index (κ1) is 7.47. The number of benzene rings is 1. The highest BCUT2D eigenvalue weighted by atomic mass is 32.2. The Labute approximate surface area is 74.7 Å². The minimum absolute atomic E-state index is 0.602. The van der Waals surface area contributed by atoms with E-state index in [2.05, 4.69) is 5.32 Å². The predicted molar refractivity (Wildman–Crippen MR) is 50.0 cm³/mol. The monoisotopic (exact) mass is 177 g/mol. The molecule has 1 heterocycles. The summed E-state index contributed by atoms with van der Waals surface area (Å²) in [5, 5.41) is 3.14. The molecule has 1 aliphatic heterocycles. The van der Waals surface area contributed by atoms with Crippen LogP contribution in [0.2, 0.25) is 0 Å². The zero-order chi connectivity index (χ0) is 8.39. The van der Waals surface area contributed by atoms with Crippen LogP contribution in [0.15, 0.2) is 34.1 Å². The molecule has 2 rings (SSSR count). The Morgan fingerprint density at radius 1 is 1.42 bits per heavy atom. The molecule has 12 heavy (non-hydrogen) atoms. The fourth-order valence-corrected chi connectivity index (χ4v) is 1.95. The van der Waals surface area contributed by atoms with Gasteiger partial charge in [0.05, 0.1) is 11.4 Å². The van der Waals surface area contributed by atoms with Gasteiger partial charge in [-0.15, -0.1) is 0 Å². The van der Waals surface area contributed by atoms with Gasteiger partial charge in [-0.05, 0) is 12.1 Å². The number of para-hydroxylation sites is 1. The lowest BCUT2D eigenvalue weighted by atomic mass is 10.3. The van der Waals surface area contributed by atoms with Crippen LogP contribution in [-0.4, -0.2) is 12.5 Å². The fraction of sp³-hybridized carbons (Fsp3) is 0.111. The van der Waals surface area contributed by atoms with Crippen LogP contribution in [0.25, 0.3) is 0 Å². The van der Waals surface area contributed by atoms with Crippen molar-refractivity contribution in [3.8, 4) is 0 Å². The molecule has 0 unspecified atom stereocenters. The minimum atomic E-state index is 0.602. The van der Waals surface area contributed by atoms with Crippen LogP contribution >= 0.6 is 11.8 Å². The average molecular weight is 177 g/mol. The summed E-state index contributed by atoms with van der Waals surface area (Å²) in [6.45, 7) is 0.602. The first-order chi connectivity index (χ1) is 5.90. The highest BCUT2D eigenvalue weighted by molar-refractivity contribution is 8.03. The van der Waals surface area contributed by atoms with Crippen LogP contribution in [0.1, 0.15) is 0 Å². The van der Waals surface area contributed by atoms with Gasteiger partial charge in [0.1, 0.15) is 5.94 Å². The third-order valence-corrected chi connectivity index (χ3v) is 2.72. The van der Waals surface area contributed by atoms with Crippen LogP contribution in [0.4, 0.5) is 5.69 Å². The Bertz CT molecular complexity index is 355. The molecule has 1 aromatic rings. The second kappa shape index (κ2) is 3.05. The quantitative estimate of drug-likeness (QED) is 0.614. The van der Waals surface area contributed by atoms with E-state index in [0.29, 0.717) is 11.4 Å². The molecule has 0 amide bonds. The fourth-order valence-electron chi connectivity index (χ4n) is 1.10. The molecule has 2 nitrogen and oxygen atoms in total. The van der Waals surface area contributed by atoms with Crippen molar-refractivity contribution in [3.63, 3.8) is 0 Å². The number of rotatable bonds is 0. The molecular weight excluding hydrogens is 170 g/mol. The molecular formula is C9H7NOS. The Hall–Kier alpha value is -1.18. The van der Waals surface area contributed by atoms with Gasteiger partial charge in [-0.2, -0.15) is 0 Å². The highest BCUT2D eigenvalue weighted by Gasteiger charge is 2.12. The number of hydrogen-bond donors (Lipinski definition) is 1. The molecule has 0 saturated carbocycles. The van der Waals surface area contributed by atoms with Crippen molar-refractivity contribution < 1.29 is 4.79 Å². The van der Waals surface area contributed by atoms with Crippen LogP contribution in [0.3, 0.4) is 0 Å². The van der Waals surface area contributed by atoms with E-state index in [-0.39, 0.29) is 0 Å². The van der Waals surface area contributed by atoms with Crippen LogP contribution in [-0.2, 0) is 4.79 Å². The molecule has 0 fully saturated rings. The van der Waals surface area contributed by atoms with Crippen molar-refractivity contribution >= 4 is 23.4 Å². The molecule has 1 aliphatic rings. The number of anilines is 1. The van der Waals surface area contributed by atoms with Crippen molar-refractivity contribution in [2.45, 2.75) is 4.90 Å². The number of hydrogen-bond acceptors (Lipinski definition) is 3. The van der Waals surface area contributed by atoms with Crippen molar-refractivity contribution in [2.24, 2.45) is 0 Å². The average Bonchev–Trinajstić information content (AvgIpc) is 2.17. The Kier molecular flexibility index (Phi) is 1.90. The van der Waals surface area contributed by atoms with E-state index in [1.54, 1.807) is 0 Å². The van der Waals surface area contributed by atoms with E-state index < -0.39 is 0 Å². The maximum absolute atomic E-state index is 10.3. The lowest BCUT2D eigenvalue weighted by Crippen LogP contribution is -2.08. The van der Waals surface area contributed by atoms with Crippen molar-refractivity contribution in [2.75, 3.05) is 11.9 Å². The van der Waals surface area contributed by atoms with E-state index in [4.69, 9.17) is 0 Å². The molecule has 3 heteroatoms. The smallest absolute Gasteiger partial charge is 0.137 e. The summed E-state index contributed by atoms with van der Waals surface area (Å²) in [6.07, 6.45) is 0. The number of nitrogens with one attached hydrogen (secondary N) is 1. The van der Waals surface area contributed by atoms with Gasteiger partial charge in [-0.25, -0.2) is 4.79 Å². The van der Waals surface area contributed by atoms with Crippen molar-refractivity contribution in [1.82, 2.24) is 0 Å². The maximum atomic E-state index is 10.3. The molecule has 60 valence electrons. The third kappa shape index (κ3) is 1.24. The van der Waals surface area contributed by atoms with Crippen molar-refractivity contribution in [1.29, 1.82) is 0 Å². The van der Waals surface area contributed by atoms with Gasteiger partial charge in [0.25, 0.3) is 0 Å². The van der Waals surface area contributed by atoms with Crippen LogP contribution < -0.4 is 5.32 Å². The zero-order valence-electron chi connectivity index (χ0n) is 6.33. The summed E-state index contributed by atoms with van der Waals surface area (Å²) in [5.41, 5.74) is 1.10. The normalized spacial score (nSPS) is 14.5. The zero-order valence-corrected chi connectivity index (χ0v) is 7.15. The minimum Gasteiger partial charge on any atom is -0.379 e. The largest absolute Gasteiger partial charge is 0.379 e. The first-order valence-electron chi connectivity index (χ1n) is 3.65. The summed E-state index contributed by atoms with van der Waals surface area (Å²) in [5.74, 6) is 1.91. The molecule has 0 aromatic heterocycles. The number of carbonyl (C=O) groups excluding carboxylic acids is 1. The van der Waals surface area contributed by atoms with E-state index >= 15 is 0 Å². The lowest BCUT2D eigenvalue weighted by molar-refractivity contribution is 0.568. The summed E-state index contributed by atoms with van der Waals surface area (Å²) in [4.78, 5) is 12.2.